The van der Waals surface area contributed by atoms with Gasteiger partial charge in [-0.25, -0.2) is 25.2 Å². The molecule has 96 heavy (non-hydrogen) atoms. The van der Waals surface area contributed by atoms with Gasteiger partial charge in [-0.2, -0.15) is 4.98 Å². The minimum absolute atomic E-state index is 0.0251. The molecule has 0 saturated carbocycles. The molecule has 0 fully saturated rings. The van der Waals surface area contributed by atoms with Crippen LogP contribution in [0.25, 0.3) is 11.2 Å². The Morgan fingerprint density at radius 3 is 1.72 bits per heavy atom. The van der Waals surface area contributed by atoms with E-state index in [1.165, 1.54) is 13.1 Å². The van der Waals surface area contributed by atoms with Crippen LogP contribution >= 0.6 is 24.4 Å². The lowest BCUT2D eigenvalue weighted by Gasteiger charge is -2.16. The third kappa shape index (κ3) is 33.3. The average molecular weight is 1370 g/mol. The maximum atomic E-state index is 12.9. The number of unbranched alkanes of at least 4 members (excludes halogenated alkanes) is 10. The molecule has 0 radical (unpaired) electrons. The van der Waals surface area contributed by atoms with Crippen molar-refractivity contribution < 1.29 is 58.8 Å². The van der Waals surface area contributed by atoms with Gasteiger partial charge in [0.05, 0.1) is 24.5 Å². The first-order chi connectivity index (χ1) is 46.0. The van der Waals surface area contributed by atoms with Crippen molar-refractivity contribution in [2.45, 2.75) is 187 Å². The maximum absolute atomic E-state index is 12.9. The van der Waals surface area contributed by atoms with Gasteiger partial charge < -0.3 is 43.0 Å². The van der Waals surface area contributed by atoms with Crippen LogP contribution < -0.4 is 48.5 Å². The Labute approximate surface area is 571 Å². The lowest BCUT2D eigenvalue weighted by atomic mass is 9.99. The summed E-state index contributed by atoms with van der Waals surface area (Å²) in [5.74, 6) is -3.68. The van der Waals surface area contributed by atoms with E-state index >= 15 is 0 Å². The van der Waals surface area contributed by atoms with Crippen molar-refractivity contribution in [2.75, 3.05) is 62.2 Å². The first kappa shape index (κ1) is 80.0. The zero-order valence-corrected chi connectivity index (χ0v) is 57.1. The van der Waals surface area contributed by atoms with Crippen LogP contribution in [0.1, 0.15) is 190 Å². The van der Waals surface area contributed by atoms with Gasteiger partial charge in [-0.05, 0) is 149 Å². The molecule has 0 unspecified atom stereocenters. The van der Waals surface area contributed by atoms with E-state index in [2.05, 4.69) is 57.2 Å². The summed E-state index contributed by atoms with van der Waals surface area (Å²) >= 11 is 11.2. The highest BCUT2D eigenvalue weighted by atomic mass is 32.1. The molecule has 526 valence electrons. The Bertz CT molecular complexity index is 3250. The zero-order valence-electron chi connectivity index (χ0n) is 55.5. The Balaban J connectivity index is 0.918. The molecule has 4 aromatic rings. The van der Waals surface area contributed by atoms with Crippen LogP contribution in [0.5, 0.6) is 0 Å². The molecule has 2 atom stereocenters. The molecule has 0 saturated heterocycles. The second kappa shape index (κ2) is 45.1. The molecule has 4 rings (SSSR count). The van der Waals surface area contributed by atoms with Gasteiger partial charge in [0.1, 0.15) is 5.78 Å². The van der Waals surface area contributed by atoms with Crippen LogP contribution in [0.2, 0.25) is 0 Å². The quantitative estimate of drug-likeness (QED) is 0.00947. The molecule has 0 spiro atoms. The molecule has 13 N–H and O–H groups in total. The highest BCUT2D eigenvalue weighted by molar-refractivity contribution is 7.80. The van der Waals surface area contributed by atoms with Crippen LogP contribution in [0.3, 0.4) is 0 Å². The molecular formula is C66H97N15O13S2. The topological polar surface area (TPSA) is 406 Å². The minimum atomic E-state index is -0.665. The SMILES string of the molecule is CC(=O)N(O)CCCCCNC(=O)CCC(=O)N(O)CCCCCNC(=O)CCC(=O)N(O)CCCCCNC(=S)Nc1ccc(CC(=S)CCCCCCCC(=O)[C@H](C)NC(=O)[C@H](C)CC(=O)CCCNC(=O)c2ccc(NCc3cnc4nc(N)[nH]c(=O)c4n3)cc2)cc1. The van der Waals surface area contributed by atoms with Gasteiger partial charge in [0, 0.05) is 127 Å². The smallest absolute Gasteiger partial charge is 0.280 e. The van der Waals surface area contributed by atoms with Crippen LogP contribution in [0.15, 0.2) is 59.5 Å². The maximum Gasteiger partial charge on any atom is 0.280 e. The summed E-state index contributed by atoms with van der Waals surface area (Å²) in [4.78, 5) is 139. The van der Waals surface area contributed by atoms with Crippen LogP contribution in [-0.2, 0) is 51.3 Å². The zero-order chi connectivity index (χ0) is 70.2. The average Bonchev–Trinajstić information content (AvgIpc) is 0.826. The van der Waals surface area contributed by atoms with Crippen LogP contribution in [-0.4, -0.2) is 165 Å². The Morgan fingerprint density at radius 1 is 0.594 bits per heavy atom. The largest absolute Gasteiger partial charge is 0.379 e. The van der Waals surface area contributed by atoms with Crippen LogP contribution in [0.4, 0.5) is 17.3 Å². The summed E-state index contributed by atoms with van der Waals surface area (Å²) in [5, 5.41) is 52.5. The second-order valence-corrected chi connectivity index (χ2v) is 24.7. The van der Waals surface area contributed by atoms with Gasteiger partial charge in [0.2, 0.25) is 41.4 Å². The number of benzene rings is 2. The molecule has 0 aliphatic rings. The first-order valence-corrected chi connectivity index (χ1v) is 33.9. The Kier molecular flexibility index (Phi) is 37.6. The second-order valence-electron chi connectivity index (χ2n) is 23.7. The van der Waals surface area contributed by atoms with Crippen LogP contribution in [0, 0.1) is 5.92 Å². The first-order valence-electron chi connectivity index (χ1n) is 33.1. The van der Waals surface area contributed by atoms with Gasteiger partial charge in [-0.3, -0.25) is 68.6 Å². The van der Waals surface area contributed by atoms with Gasteiger partial charge in [-0.1, -0.05) is 50.5 Å². The number of anilines is 3. The fourth-order valence-corrected chi connectivity index (χ4v) is 10.3. The normalized spacial score (nSPS) is 11.6. The number of nitrogen functional groups attached to an aromatic ring is 1. The monoisotopic (exact) mass is 1370 g/mol. The van der Waals surface area contributed by atoms with Crippen molar-refractivity contribution in [2.24, 2.45) is 5.92 Å². The molecule has 7 amide bonds. The summed E-state index contributed by atoms with van der Waals surface area (Å²) in [6.45, 7) is 6.88. The molecule has 2 aromatic carbocycles. The molecule has 0 aliphatic carbocycles. The van der Waals surface area contributed by atoms with Gasteiger partial charge in [-0.15, -0.1) is 0 Å². The summed E-state index contributed by atoms with van der Waals surface area (Å²) in [7, 11) is 0. The molecule has 2 heterocycles. The van der Waals surface area contributed by atoms with Crippen molar-refractivity contribution in [1.29, 1.82) is 0 Å². The molecule has 0 bridgehead atoms. The predicted molar refractivity (Wildman–Crippen MR) is 371 cm³/mol. The summed E-state index contributed by atoms with van der Waals surface area (Å²) in [6.07, 6.45) is 13.6. The Hall–Kier alpha value is -8.45. The number of hydroxylamine groups is 6. The highest BCUT2D eigenvalue weighted by Crippen LogP contribution is 2.17. The number of hydrogen-bond acceptors (Lipinski definition) is 20. The number of amides is 7. The molecular weight excluding hydrogens is 1270 g/mol. The number of thiocarbonyl (C=S) groups is 2. The minimum Gasteiger partial charge on any atom is -0.379 e. The van der Waals surface area contributed by atoms with Crippen molar-refractivity contribution in [3.05, 3.63) is 81.9 Å². The fourth-order valence-electron chi connectivity index (χ4n) is 9.75. The number of nitrogens with two attached hydrogens (primary N) is 1. The van der Waals surface area contributed by atoms with Crippen molar-refractivity contribution >= 4 is 116 Å². The number of nitrogens with zero attached hydrogens (tertiary/aromatic N) is 6. The lowest BCUT2D eigenvalue weighted by molar-refractivity contribution is -0.166. The van der Waals surface area contributed by atoms with E-state index in [9.17, 15) is 63.6 Å². The standard InChI is InChI=1S/C66H97N15O13S2/c1-45(41-53(83)19-18-37-70-63(90)49-24-28-50(29-25-49)72-43-52-44-73-61-60(75-52)64(91)78-65(67)77-61)62(89)74-46(2)55(84)21-11-6-4-5-10-20-54(95)42-48-22-26-51(27-23-48)76-66(96)71-36-14-9-17-40-81(94)59(88)33-31-57(86)69-35-13-8-16-39-80(93)58(87)32-30-56(85)68-34-12-7-15-38-79(92)47(3)82/h22-29,44-46,72,92-94H,4-21,30-43H2,1-3H3,(H,68,85)(H,69,86)(H,70,90)(H,74,89)(H2,71,76,96)(H3,67,73,77,78,91)/t45-,46+/m1/s1. The summed E-state index contributed by atoms with van der Waals surface area (Å²) in [6, 6.07) is 14.0. The lowest BCUT2D eigenvalue weighted by Crippen LogP contribution is -2.41. The molecule has 2 aromatic heterocycles. The van der Waals surface area contributed by atoms with E-state index in [-0.39, 0.29) is 124 Å². The van der Waals surface area contributed by atoms with Crippen molar-refractivity contribution in [1.82, 2.24) is 61.7 Å². The van der Waals surface area contributed by atoms with Gasteiger partial charge >= 0.3 is 0 Å². The fraction of sp³-hybridized carbons (Fsp3) is 0.561. The van der Waals surface area contributed by atoms with E-state index in [0.29, 0.717) is 128 Å². The number of H-pyrrole nitrogens is 1. The number of rotatable bonds is 48. The van der Waals surface area contributed by atoms with E-state index in [0.717, 1.165) is 61.1 Å². The van der Waals surface area contributed by atoms with Crippen molar-refractivity contribution in [3.8, 4) is 0 Å². The van der Waals surface area contributed by atoms with E-state index in [4.69, 9.17) is 30.2 Å². The summed E-state index contributed by atoms with van der Waals surface area (Å²) in [5.41, 5.74) is 8.88. The predicted octanol–water partition coefficient (Wildman–Crippen LogP) is 6.69. The number of carbonyl (C=O) groups is 9. The summed E-state index contributed by atoms with van der Waals surface area (Å²) < 4.78 is 0. The number of aromatic amines is 1. The third-order valence-electron chi connectivity index (χ3n) is 15.5. The molecule has 30 heteroatoms. The van der Waals surface area contributed by atoms with E-state index < -0.39 is 35.2 Å². The number of hydrogen-bond donors (Lipinski definition) is 12. The number of aromatic nitrogens is 4. The number of Topliss-reactive ketones (excluding diaryl/α,β-unsaturated/α-hetero) is 2. The molecule has 0 aliphatic heterocycles. The van der Waals surface area contributed by atoms with Gasteiger partial charge in [0.25, 0.3) is 11.5 Å². The number of nitrogens with one attached hydrogen (secondary N) is 8. The number of fused-ring (bicyclic) bond motifs is 1. The molecule has 28 nitrogen and oxygen atoms in total. The van der Waals surface area contributed by atoms with E-state index in [1.807, 2.05) is 24.3 Å². The van der Waals surface area contributed by atoms with E-state index in [1.54, 1.807) is 38.1 Å². The number of carbonyl (C=O) groups excluding carboxylic acids is 9. The Morgan fingerprint density at radius 2 is 1.12 bits per heavy atom. The highest BCUT2D eigenvalue weighted by Gasteiger charge is 2.22. The van der Waals surface area contributed by atoms with Crippen molar-refractivity contribution in [3.63, 3.8) is 0 Å². The number of ketones is 2. The van der Waals surface area contributed by atoms with Gasteiger partial charge in [0.15, 0.2) is 22.1 Å². The third-order valence-corrected chi connectivity index (χ3v) is 16.1.